The van der Waals surface area contributed by atoms with Crippen LogP contribution in [0.25, 0.3) is 0 Å². The van der Waals surface area contributed by atoms with Crippen LogP contribution >= 0.6 is 0 Å². The molecule has 0 unspecified atom stereocenters. The fourth-order valence-electron chi connectivity index (χ4n) is 2.08. The summed E-state index contributed by atoms with van der Waals surface area (Å²) in [7, 11) is 3.18. The molecule has 2 rings (SSSR count). The molecule has 112 valence electrons. The van der Waals surface area contributed by atoms with Crippen LogP contribution < -0.4 is 9.47 Å². The zero-order chi connectivity index (χ0) is 15.2. The van der Waals surface area contributed by atoms with Crippen molar-refractivity contribution in [3.05, 3.63) is 47.9 Å². The summed E-state index contributed by atoms with van der Waals surface area (Å²) in [6.45, 7) is 3.01. The third kappa shape index (κ3) is 3.37. The van der Waals surface area contributed by atoms with Crippen molar-refractivity contribution in [2.75, 3.05) is 20.8 Å². The van der Waals surface area contributed by atoms with Crippen LogP contribution in [0.3, 0.4) is 0 Å². The van der Waals surface area contributed by atoms with E-state index in [4.69, 9.17) is 13.9 Å². The van der Waals surface area contributed by atoms with Gasteiger partial charge in [0, 0.05) is 13.1 Å². The maximum absolute atomic E-state index is 12.3. The SMILES string of the molecule is CCN(Cc1ccc(OC)c(OC)c1)C(=O)c1ccco1. The van der Waals surface area contributed by atoms with Gasteiger partial charge < -0.3 is 18.8 Å². The van der Waals surface area contributed by atoms with Gasteiger partial charge in [-0.25, -0.2) is 0 Å². The second-order valence-corrected chi connectivity index (χ2v) is 4.49. The highest BCUT2D eigenvalue weighted by molar-refractivity contribution is 5.91. The zero-order valence-corrected chi connectivity index (χ0v) is 12.5. The summed E-state index contributed by atoms with van der Waals surface area (Å²) in [5, 5.41) is 0. The highest BCUT2D eigenvalue weighted by atomic mass is 16.5. The largest absolute Gasteiger partial charge is 0.493 e. The summed E-state index contributed by atoms with van der Waals surface area (Å²) >= 11 is 0. The minimum atomic E-state index is -0.128. The van der Waals surface area contributed by atoms with Crippen LogP contribution in [0, 0.1) is 0 Å². The minimum absolute atomic E-state index is 0.128. The van der Waals surface area contributed by atoms with Crippen LogP contribution in [0.15, 0.2) is 41.0 Å². The average molecular weight is 289 g/mol. The highest BCUT2D eigenvalue weighted by Gasteiger charge is 2.17. The molecule has 0 N–H and O–H groups in total. The second-order valence-electron chi connectivity index (χ2n) is 4.49. The van der Waals surface area contributed by atoms with Gasteiger partial charge in [-0.2, -0.15) is 0 Å². The first-order chi connectivity index (χ1) is 10.2. The van der Waals surface area contributed by atoms with E-state index in [1.807, 2.05) is 25.1 Å². The highest BCUT2D eigenvalue weighted by Crippen LogP contribution is 2.28. The molecule has 1 aromatic carbocycles. The lowest BCUT2D eigenvalue weighted by Crippen LogP contribution is -2.30. The van der Waals surface area contributed by atoms with Gasteiger partial charge in [0.1, 0.15) is 0 Å². The monoisotopic (exact) mass is 289 g/mol. The summed E-state index contributed by atoms with van der Waals surface area (Å²) in [5.74, 6) is 1.53. The summed E-state index contributed by atoms with van der Waals surface area (Å²) in [5.41, 5.74) is 0.967. The molecule has 0 atom stereocenters. The molecular formula is C16H19NO4. The Kier molecular flexibility index (Phi) is 4.87. The Balaban J connectivity index is 2.17. The van der Waals surface area contributed by atoms with Gasteiger partial charge >= 0.3 is 0 Å². The third-order valence-corrected chi connectivity index (χ3v) is 3.22. The molecule has 0 radical (unpaired) electrons. The molecule has 0 aliphatic rings. The number of nitrogens with zero attached hydrogens (tertiary/aromatic N) is 1. The van der Waals surface area contributed by atoms with Crippen molar-refractivity contribution in [2.45, 2.75) is 13.5 Å². The van der Waals surface area contributed by atoms with Gasteiger partial charge in [-0.05, 0) is 36.8 Å². The Morgan fingerprint density at radius 2 is 1.95 bits per heavy atom. The standard InChI is InChI=1S/C16H19NO4/c1-4-17(16(18)14-6-5-9-21-14)11-12-7-8-13(19-2)15(10-12)20-3/h5-10H,4,11H2,1-3H3. The smallest absolute Gasteiger partial charge is 0.289 e. The summed E-state index contributed by atoms with van der Waals surface area (Å²) in [6.07, 6.45) is 1.50. The van der Waals surface area contributed by atoms with Crippen molar-refractivity contribution in [2.24, 2.45) is 0 Å². The maximum atomic E-state index is 12.3. The molecule has 1 amide bonds. The number of furan rings is 1. The number of ether oxygens (including phenoxy) is 2. The number of benzene rings is 1. The number of hydrogen-bond acceptors (Lipinski definition) is 4. The summed E-state index contributed by atoms with van der Waals surface area (Å²) in [4.78, 5) is 14.0. The van der Waals surface area contributed by atoms with Gasteiger partial charge in [0.15, 0.2) is 17.3 Å². The summed E-state index contributed by atoms with van der Waals surface area (Å²) in [6, 6.07) is 8.99. The van der Waals surface area contributed by atoms with E-state index >= 15 is 0 Å². The zero-order valence-electron chi connectivity index (χ0n) is 12.5. The van der Waals surface area contributed by atoms with Crippen molar-refractivity contribution in [1.82, 2.24) is 4.90 Å². The number of rotatable bonds is 6. The van der Waals surface area contributed by atoms with Crippen LogP contribution in [0.1, 0.15) is 23.0 Å². The van der Waals surface area contributed by atoms with E-state index in [2.05, 4.69) is 0 Å². The van der Waals surface area contributed by atoms with Gasteiger partial charge in [0.2, 0.25) is 0 Å². The fourth-order valence-corrected chi connectivity index (χ4v) is 2.08. The second kappa shape index (κ2) is 6.83. The molecule has 1 heterocycles. The molecule has 21 heavy (non-hydrogen) atoms. The molecule has 2 aromatic rings. The number of carbonyl (C=O) groups excluding carboxylic acids is 1. The molecule has 0 fully saturated rings. The Morgan fingerprint density at radius 1 is 1.19 bits per heavy atom. The average Bonchev–Trinajstić information content (AvgIpc) is 3.06. The molecule has 0 bridgehead atoms. The molecule has 0 aliphatic heterocycles. The van der Waals surface area contributed by atoms with Gasteiger partial charge in [-0.3, -0.25) is 4.79 Å². The Labute approximate surface area is 124 Å². The fraction of sp³-hybridized carbons (Fsp3) is 0.312. The van der Waals surface area contributed by atoms with E-state index in [9.17, 15) is 4.79 Å². The predicted molar refractivity (Wildman–Crippen MR) is 78.7 cm³/mol. The number of hydrogen-bond donors (Lipinski definition) is 0. The normalized spacial score (nSPS) is 10.2. The van der Waals surface area contributed by atoms with E-state index in [-0.39, 0.29) is 5.91 Å². The molecule has 0 saturated heterocycles. The molecular weight excluding hydrogens is 270 g/mol. The van der Waals surface area contributed by atoms with Crippen molar-refractivity contribution in [3.8, 4) is 11.5 Å². The Hall–Kier alpha value is -2.43. The van der Waals surface area contributed by atoms with Crippen molar-refractivity contribution < 1.29 is 18.7 Å². The maximum Gasteiger partial charge on any atom is 0.289 e. The van der Waals surface area contributed by atoms with E-state index in [0.29, 0.717) is 30.3 Å². The van der Waals surface area contributed by atoms with E-state index in [0.717, 1.165) is 5.56 Å². The molecule has 5 heteroatoms. The quantitative estimate of drug-likeness (QED) is 0.820. The number of methoxy groups -OCH3 is 2. The van der Waals surface area contributed by atoms with Gasteiger partial charge in [-0.1, -0.05) is 6.07 Å². The number of carbonyl (C=O) groups is 1. The first-order valence-electron chi connectivity index (χ1n) is 6.73. The van der Waals surface area contributed by atoms with Crippen LogP contribution in [0.4, 0.5) is 0 Å². The molecule has 0 aliphatic carbocycles. The van der Waals surface area contributed by atoms with Gasteiger partial charge in [0.25, 0.3) is 5.91 Å². The first-order valence-corrected chi connectivity index (χ1v) is 6.73. The van der Waals surface area contributed by atoms with Crippen molar-refractivity contribution >= 4 is 5.91 Å². The van der Waals surface area contributed by atoms with E-state index < -0.39 is 0 Å². The minimum Gasteiger partial charge on any atom is -0.493 e. The van der Waals surface area contributed by atoms with Crippen LogP contribution in [0.2, 0.25) is 0 Å². The molecule has 0 spiro atoms. The first kappa shape index (κ1) is 15.0. The van der Waals surface area contributed by atoms with Crippen LogP contribution in [-0.4, -0.2) is 31.6 Å². The molecule has 1 aromatic heterocycles. The van der Waals surface area contributed by atoms with Crippen molar-refractivity contribution in [1.29, 1.82) is 0 Å². The van der Waals surface area contributed by atoms with Crippen molar-refractivity contribution in [3.63, 3.8) is 0 Å². The number of amides is 1. The van der Waals surface area contributed by atoms with Crippen LogP contribution in [-0.2, 0) is 6.54 Å². The Morgan fingerprint density at radius 3 is 2.52 bits per heavy atom. The van der Waals surface area contributed by atoms with Gasteiger partial charge in [-0.15, -0.1) is 0 Å². The third-order valence-electron chi connectivity index (χ3n) is 3.22. The lowest BCUT2D eigenvalue weighted by atomic mass is 10.2. The molecule has 0 saturated carbocycles. The predicted octanol–water partition coefficient (Wildman–Crippen LogP) is 2.96. The summed E-state index contributed by atoms with van der Waals surface area (Å²) < 4.78 is 15.6. The molecule has 5 nitrogen and oxygen atoms in total. The van der Waals surface area contributed by atoms with Gasteiger partial charge in [0.05, 0.1) is 20.5 Å². The topological polar surface area (TPSA) is 51.9 Å². The van der Waals surface area contributed by atoms with E-state index in [1.54, 1.807) is 31.3 Å². The lowest BCUT2D eigenvalue weighted by Gasteiger charge is -2.20. The Bertz CT molecular complexity index is 592. The lowest BCUT2D eigenvalue weighted by molar-refractivity contribution is 0.0720. The van der Waals surface area contributed by atoms with Crippen LogP contribution in [0.5, 0.6) is 11.5 Å². The van der Waals surface area contributed by atoms with E-state index in [1.165, 1.54) is 6.26 Å².